The molecule has 3 rings (SSSR count). The molecule has 0 saturated heterocycles. The molecule has 0 amide bonds. The Bertz CT molecular complexity index is 722. The van der Waals surface area contributed by atoms with Gasteiger partial charge < -0.3 is 10.6 Å². The molecule has 0 fully saturated rings. The van der Waals surface area contributed by atoms with E-state index in [1.165, 1.54) is 4.90 Å². The summed E-state index contributed by atoms with van der Waals surface area (Å²) in [4.78, 5) is 11.3. The molecule has 0 aliphatic rings. The second-order valence-electron chi connectivity index (χ2n) is 5.25. The van der Waals surface area contributed by atoms with E-state index in [0.717, 1.165) is 34.6 Å². The minimum absolute atomic E-state index is 0.784. The fourth-order valence-corrected chi connectivity index (χ4v) is 3.41. The molecule has 1 aromatic carbocycles. The minimum Gasteiger partial charge on any atom is -0.369 e. The SMILES string of the molecule is CSCCNc1cc(Sc2ccccc2)cc(Nc2ccccn2)n1. The summed E-state index contributed by atoms with van der Waals surface area (Å²) in [5, 5.41) is 6.67. The van der Waals surface area contributed by atoms with Crippen LogP contribution in [0.4, 0.5) is 17.5 Å². The number of rotatable bonds is 8. The van der Waals surface area contributed by atoms with Crippen molar-refractivity contribution >= 4 is 41.0 Å². The van der Waals surface area contributed by atoms with Crippen molar-refractivity contribution in [2.45, 2.75) is 9.79 Å². The zero-order chi connectivity index (χ0) is 17.3. The van der Waals surface area contributed by atoms with E-state index < -0.39 is 0 Å². The van der Waals surface area contributed by atoms with E-state index in [0.29, 0.717) is 0 Å². The topological polar surface area (TPSA) is 49.8 Å². The quantitative estimate of drug-likeness (QED) is 0.537. The Morgan fingerprint density at radius 1 is 0.880 bits per heavy atom. The second-order valence-corrected chi connectivity index (χ2v) is 7.38. The second kappa shape index (κ2) is 9.34. The molecule has 4 nitrogen and oxygen atoms in total. The summed E-state index contributed by atoms with van der Waals surface area (Å²) >= 11 is 3.53. The molecule has 2 aromatic heterocycles. The van der Waals surface area contributed by atoms with Crippen molar-refractivity contribution in [2.24, 2.45) is 0 Å². The van der Waals surface area contributed by atoms with Gasteiger partial charge in [0.15, 0.2) is 0 Å². The van der Waals surface area contributed by atoms with E-state index in [-0.39, 0.29) is 0 Å². The molecule has 6 heteroatoms. The third-order valence-corrected chi connectivity index (χ3v) is 4.90. The number of nitrogens with one attached hydrogen (secondary N) is 2. The van der Waals surface area contributed by atoms with Gasteiger partial charge in [0.1, 0.15) is 17.5 Å². The van der Waals surface area contributed by atoms with Crippen LogP contribution >= 0.6 is 23.5 Å². The Hall–Kier alpha value is -2.18. The molecule has 0 aliphatic carbocycles. The van der Waals surface area contributed by atoms with E-state index >= 15 is 0 Å². The first-order valence-electron chi connectivity index (χ1n) is 7.99. The number of nitrogens with zero attached hydrogens (tertiary/aromatic N) is 2. The van der Waals surface area contributed by atoms with Crippen molar-refractivity contribution in [1.29, 1.82) is 0 Å². The van der Waals surface area contributed by atoms with E-state index in [1.54, 1.807) is 18.0 Å². The van der Waals surface area contributed by atoms with Crippen LogP contribution in [0, 0.1) is 0 Å². The lowest BCUT2D eigenvalue weighted by atomic mass is 10.4. The summed E-state index contributed by atoms with van der Waals surface area (Å²) in [6.07, 6.45) is 3.87. The largest absolute Gasteiger partial charge is 0.369 e. The monoisotopic (exact) mass is 368 g/mol. The van der Waals surface area contributed by atoms with Crippen molar-refractivity contribution in [2.75, 3.05) is 29.2 Å². The molecule has 0 aliphatic heterocycles. The van der Waals surface area contributed by atoms with Gasteiger partial charge in [-0.3, -0.25) is 0 Å². The van der Waals surface area contributed by atoms with Gasteiger partial charge in [0.25, 0.3) is 0 Å². The summed E-state index contributed by atoms with van der Waals surface area (Å²) in [5.74, 6) is 3.48. The predicted octanol–water partition coefficient (Wildman–Crippen LogP) is 5.15. The van der Waals surface area contributed by atoms with Crippen molar-refractivity contribution in [3.8, 4) is 0 Å². The highest BCUT2D eigenvalue weighted by atomic mass is 32.2. The molecule has 2 heterocycles. The first-order valence-corrected chi connectivity index (χ1v) is 10.2. The van der Waals surface area contributed by atoms with E-state index in [2.05, 4.69) is 45.1 Å². The van der Waals surface area contributed by atoms with Crippen LogP contribution < -0.4 is 10.6 Å². The van der Waals surface area contributed by atoms with Crippen LogP contribution in [0.15, 0.2) is 76.7 Å². The zero-order valence-electron chi connectivity index (χ0n) is 14.0. The highest BCUT2D eigenvalue weighted by Gasteiger charge is 2.06. The number of hydrogen-bond donors (Lipinski definition) is 2. The van der Waals surface area contributed by atoms with E-state index in [9.17, 15) is 0 Å². The van der Waals surface area contributed by atoms with Crippen LogP contribution in [0.2, 0.25) is 0 Å². The summed E-state index contributed by atoms with van der Waals surface area (Å²) in [6.45, 7) is 0.886. The van der Waals surface area contributed by atoms with Crippen LogP contribution in [0.1, 0.15) is 0 Å². The zero-order valence-corrected chi connectivity index (χ0v) is 15.6. The van der Waals surface area contributed by atoms with Gasteiger partial charge in [0.2, 0.25) is 0 Å². The average Bonchev–Trinajstić information content (AvgIpc) is 2.63. The van der Waals surface area contributed by atoms with Gasteiger partial charge in [0, 0.05) is 28.3 Å². The molecule has 0 radical (unpaired) electrons. The van der Waals surface area contributed by atoms with Crippen molar-refractivity contribution in [3.05, 3.63) is 66.9 Å². The maximum Gasteiger partial charge on any atom is 0.135 e. The lowest BCUT2D eigenvalue weighted by Gasteiger charge is -2.11. The first kappa shape index (κ1) is 17.6. The Kier molecular flexibility index (Phi) is 6.59. The van der Waals surface area contributed by atoms with Gasteiger partial charge in [0.05, 0.1) is 0 Å². The van der Waals surface area contributed by atoms with Gasteiger partial charge in [-0.2, -0.15) is 11.8 Å². The third kappa shape index (κ3) is 5.69. The standard InChI is InChI=1S/C19H20N4S2/c1-24-12-11-21-18-13-16(25-15-7-3-2-4-8-15)14-19(23-18)22-17-9-5-6-10-20-17/h2-10,13-14H,11-12H2,1H3,(H2,20,21,22,23). The summed E-state index contributed by atoms with van der Waals surface area (Å²) in [6, 6.07) is 20.3. The molecule has 0 unspecified atom stereocenters. The molecule has 0 spiro atoms. The number of aromatic nitrogens is 2. The maximum atomic E-state index is 4.66. The van der Waals surface area contributed by atoms with Crippen LogP contribution in [0.25, 0.3) is 0 Å². The van der Waals surface area contributed by atoms with Crippen LogP contribution in [0.3, 0.4) is 0 Å². The molecule has 0 saturated carbocycles. The Labute approximate surface area is 156 Å². The first-order chi connectivity index (χ1) is 12.3. The van der Waals surface area contributed by atoms with Gasteiger partial charge >= 0.3 is 0 Å². The van der Waals surface area contributed by atoms with Crippen LogP contribution in [0.5, 0.6) is 0 Å². The number of thioether (sulfide) groups is 1. The molecular formula is C19H20N4S2. The molecule has 25 heavy (non-hydrogen) atoms. The van der Waals surface area contributed by atoms with E-state index in [1.807, 2.05) is 54.2 Å². The average molecular weight is 369 g/mol. The fourth-order valence-electron chi connectivity index (χ4n) is 2.19. The third-order valence-electron chi connectivity index (χ3n) is 3.31. The van der Waals surface area contributed by atoms with Gasteiger partial charge in [-0.15, -0.1) is 0 Å². The van der Waals surface area contributed by atoms with Gasteiger partial charge in [-0.1, -0.05) is 36.0 Å². The lowest BCUT2D eigenvalue weighted by molar-refractivity contribution is 1.15. The van der Waals surface area contributed by atoms with Crippen LogP contribution in [-0.2, 0) is 0 Å². The fraction of sp³-hybridized carbons (Fsp3) is 0.158. The smallest absolute Gasteiger partial charge is 0.135 e. The number of anilines is 3. The predicted molar refractivity (Wildman–Crippen MR) is 109 cm³/mol. The highest BCUT2D eigenvalue weighted by Crippen LogP contribution is 2.31. The Balaban J connectivity index is 1.82. The molecular weight excluding hydrogens is 348 g/mol. The molecule has 128 valence electrons. The van der Waals surface area contributed by atoms with Crippen molar-refractivity contribution < 1.29 is 0 Å². The van der Waals surface area contributed by atoms with E-state index in [4.69, 9.17) is 0 Å². The maximum absolute atomic E-state index is 4.66. The van der Waals surface area contributed by atoms with Gasteiger partial charge in [-0.05, 0) is 42.7 Å². The number of hydrogen-bond acceptors (Lipinski definition) is 6. The minimum atomic E-state index is 0.784. The summed E-state index contributed by atoms with van der Waals surface area (Å²) < 4.78 is 0. The highest BCUT2D eigenvalue weighted by molar-refractivity contribution is 7.99. The van der Waals surface area contributed by atoms with Crippen LogP contribution in [-0.4, -0.2) is 28.5 Å². The summed E-state index contributed by atoms with van der Waals surface area (Å²) in [5.41, 5.74) is 0. The lowest BCUT2D eigenvalue weighted by Crippen LogP contribution is -2.07. The Morgan fingerprint density at radius 3 is 2.44 bits per heavy atom. The van der Waals surface area contributed by atoms with Crippen molar-refractivity contribution in [1.82, 2.24) is 9.97 Å². The summed E-state index contributed by atoms with van der Waals surface area (Å²) in [7, 11) is 0. The molecule has 3 aromatic rings. The number of benzene rings is 1. The molecule has 0 bridgehead atoms. The molecule has 2 N–H and O–H groups in total. The Morgan fingerprint density at radius 2 is 1.68 bits per heavy atom. The number of pyridine rings is 2. The van der Waals surface area contributed by atoms with Gasteiger partial charge in [-0.25, -0.2) is 9.97 Å². The normalized spacial score (nSPS) is 10.4. The van der Waals surface area contributed by atoms with Crippen molar-refractivity contribution in [3.63, 3.8) is 0 Å². The molecule has 0 atom stereocenters.